The third-order valence-corrected chi connectivity index (χ3v) is 3.26. The van der Waals surface area contributed by atoms with Crippen LogP contribution in [0.5, 0.6) is 0 Å². The van der Waals surface area contributed by atoms with Gasteiger partial charge < -0.3 is 15.8 Å². The number of hydrogen-bond donors (Lipinski definition) is 2. The van der Waals surface area contributed by atoms with Gasteiger partial charge in [0.05, 0.1) is 6.61 Å². The van der Waals surface area contributed by atoms with Crippen LogP contribution in [0.15, 0.2) is 24.3 Å². The Hall–Kier alpha value is -1.39. The molecule has 0 aliphatic heterocycles. The molecule has 0 radical (unpaired) electrons. The molecule has 0 bridgehead atoms. The molecule has 18 heavy (non-hydrogen) atoms. The number of carbonyl (C=O) groups excluding carboxylic acids is 1. The molecule has 0 aromatic heterocycles. The molecule has 1 unspecified atom stereocenters. The minimum atomic E-state index is -0.0460. The summed E-state index contributed by atoms with van der Waals surface area (Å²) in [6.07, 6.45) is 2.34. The van der Waals surface area contributed by atoms with E-state index in [4.69, 9.17) is 10.5 Å². The summed E-state index contributed by atoms with van der Waals surface area (Å²) in [7, 11) is 1.64. The van der Waals surface area contributed by atoms with Gasteiger partial charge in [0.1, 0.15) is 0 Å². The Bertz CT molecular complexity index is 416. The van der Waals surface area contributed by atoms with E-state index in [-0.39, 0.29) is 11.9 Å². The van der Waals surface area contributed by atoms with Crippen molar-refractivity contribution in [3.63, 3.8) is 0 Å². The molecule has 98 valence electrons. The van der Waals surface area contributed by atoms with Crippen molar-refractivity contribution < 1.29 is 9.53 Å². The maximum atomic E-state index is 12.1. The Kier molecular flexibility index (Phi) is 4.33. The Morgan fingerprint density at radius 2 is 2.33 bits per heavy atom. The number of ether oxygens (including phenoxy) is 1. The normalized spacial score (nSPS) is 16.3. The summed E-state index contributed by atoms with van der Waals surface area (Å²) in [5.74, 6) is 0.524. The van der Waals surface area contributed by atoms with E-state index in [1.165, 1.54) is 12.8 Å². The van der Waals surface area contributed by atoms with Gasteiger partial charge in [-0.1, -0.05) is 12.1 Å². The maximum absolute atomic E-state index is 12.1. The van der Waals surface area contributed by atoms with Crippen LogP contribution in [-0.2, 0) is 11.3 Å². The number of rotatable bonds is 6. The van der Waals surface area contributed by atoms with Crippen molar-refractivity contribution in [2.24, 2.45) is 11.7 Å². The summed E-state index contributed by atoms with van der Waals surface area (Å²) < 4.78 is 5.06. The van der Waals surface area contributed by atoms with Gasteiger partial charge in [0, 0.05) is 25.3 Å². The molecule has 1 aromatic rings. The lowest BCUT2D eigenvalue weighted by molar-refractivity contribution is 0.0933. The second kappa shape index (κ2) is 5.98. The quantitative estimate of drug-likeness (QED) is 0.797. The highest BCUT2D eigenvalue weighted by Gasteiger charge is 2.31. The van der Waals surface area contributed by atoms with Crippen molar-refractivity contribution in [3.05, 3.63) is 35.4 Å². The first kappa shape index (κ1) is 13.1. The summed E-state index contributed by atoms with van der Waals surface area (Å²) in [4.78, 5) is 12.1. The van der Waals surface area contributed by atoms with Gasteiger partial charge in [-0.05, 0) is 36.5 Å². The minimum absolute atomic E-state index is 0.0460. The van der Waals surface area contributed by atoms with E-state index < -0.39 is 0 Å². The van der Waals surface area contributed by atoms with Crippen LogP contribution in [0.3, 0.4) is 0 Å². The van der Waals surface area contributed by atoms with Crippen LogP contribution in [0.4, 0.5) is 0 Å². The third kappa shape index (κ3) is 3.31. The molecule has 0 saturated heterocycles. The molecule has 1 saturated carbocycles. The zero-order chi connectivity index (χ0) is 13.0. The number of methoxy groups -OCH3 is 1. The fourth-order valence-corrected chi connectivity index (χ4v) is 2.09. The molecule has 0 spiro atoms. The summed E-state index contributed by atoms with van der Waals surface area (Å²) in [5, 5.41) is 3.01. The molecule has 4 heteroatoms. The van der Waals surface area contributed by atoms with Crippen molar-refractivity contribution in [2.75, 3.05) is 13.7 Å². The Morgan fingerprint density at radius 1 is 1.56 bits per heavy atom. The third-order valence-electron chi connectivity index (χ3n) is 3.26. The van der Waals surface area contributed by atoms with Gasteiger partial charge in [0.25, 0.3) is 5.91 Å². The predicted molar refractivity (Wildman–Crippen MR) is 70.2 cm³/mol. The van der Waals surface area contributed by atoms with Crippen molar-refractivity contribution in [2.45, 2.75) is 25.5 Å². The molecule has 2 rings (SSSR count). The van der Waals surface area contributed by atoms with Gasteiger partial charge in [0.2, 0.25) is 0 Å². The van der Waals surface area contributed by atoms with Crippen LogP contribution >= 0.6 is 0 Å². The number of nitrogens with one attached hydrogen (secondary N) is 1. The van der Waals surface area contributed by atoms with Crippen LogP contribution < -0.4 is 11.1 Å². The molecule has 1 fully saturated rings. The van der Waals surface area contributed by atoms with Crippen molar-refractivity contribution in [3.8, 4) is 0 Å². The molecule has 1 aromatic carbocycles. The van der Waals surface area contributed by atoms with Gasteiger partial charge in [-0.25, -0.2) is 0 Å². The van der Waals surface area contributed by atoms with E-state index in [1.54, 1.807) is 7.11 Å². The molecule has 0 heterocycles. The average molecular weight is 248 g/mol. The Balaban J connectivity index is 2.00. The second-order valence-electron chi connectivity index (χ2n) is 4.79. The first-order valence-corrected chi connectivity index (χ1v) is 6.33. The first-order valence-electron chi connectivity index (χ1n) is 6.33. The van der Waals surface area contributed by atoms with Crippen LogP contribution in [0.1, 0.15) is 28.8 Å². The standard InChI is InChI=1S/C14H20N2O2/c1-18-9-10-3-2-4-12(7-10)14(17)16-13(8-15)11-5-6-11/h2-4,7,11,13H,5-6,8-9,15H2,1H3,(H,16,17). The van der Waals surface area contributed by atoms with Crippen LogP contribution in [0.25, 0.3) is 0 Å². The van der Waals surface area contributed by atoms with Crippen molar-refractivity contribution >= 4 is 5.91 Å². The molecular weight excluding hydrogens is 228 g/mol. The fraction of sp³-hybridized carbons (Fsp3) is 0.500. The second-order valence-corrected chi connectivity index (χ2v) is 4.79. The molecule has 1 atom stereocenters. The Labute approximate surface area is 108 Å². The highest BCUT2D eigenvalue weighted by molar-refractivity contribution is 5.94. The zero-order valence-corrected chi connectivity index (χ0v) is 10.7. The lowest BCUT2D eigenvalue weighted by Gasteiger charge is -2.16. The maximum Gasteiger partial charge on any atom is 0.251 e. The topological polar surface area (TPSA) is 64.3 Å². The van der Waals surface area contributed by atoms with E-state index in [1.807, 2.05) is 24.3 Å². The van der Waals surface area contributed by atoms with E-state index in [0.717, 1.165) is 5.56 Å². The highest BCUT2D eigenvalue weighted by Crippen LogP contribution is 2.32. The van der Waals surface area contributed by atoms with E-state index in [0.29, 0.717) is 24.6 Å². The number of amides is 1. The van der Waals surface area contributed by atoms with Crippen molar-refractivity contribution in [1.82, 2.24) is 5.32 Å². The number of nitrogens with two attached hydrogens (primary N) is 1. The summed E-state index contributed by atoms with van der Waals surface area (Å²) >= 11 is 0. The predicted octanol–water partition coefficient (Wildman–Crippen LogP) is 1.30. The van der Waals surface area contributed by atoms with E-state index in [9.17, 15) is 4.79 Å². The van der Waals surface area contributed by atoms with Crippen LogP contribution in [-0.4, -0.2) is 25.6 Å². The SMILES string of the molecule is COCc1cccc(C(=O)NC(CN)C2CC2)c1. The van der Waals surface area contributed by atoms with Gasteiger partial charge in [-0.15, -0.1) is 0 Å². The van der Waals surface area contributed by atoms with Crippen molar-refractivity contribution in [1.29, 1.82) is 0 Å². The van der Waals surface area contributed by atoms with Gasteiger partial charge in [0.15, 0.2) is 0 Å². The summed E-state index contributed by atoms with van der Waals surface area (Å²) in [5.41, 5.74) is 7.35. The minimum Gasteiger partial charge on any atom is -0.380 e. The molecule has 4 nitrogen and oxygen atoms in total. The molecule has 1 amide bonds. The largest absolute Gasteiger partial charge is 0.380 e. The van der Waals surface area contributed by atoms with Gasteiger partial charge in [-0.3, -0.25) is 4.79 Å². The number of hydrogen-bond acceptors (Lipinski definition) is 3. The first-order chi connectivity index (χ1) is 8.74. The molecule has 1 aliphatic carbocycles. The lowest BCUT2D eigenvalue weighted by atomic mass is 10.1. The lowest BCUT2D eigenvalue weighted by Crippen LogP contribution is -2.41. The Morgan fingerprint density at radius 3 is 2.94 bits per heavy atom. The zero-order valence-electron chi connectivity index (χ0n) is 10.7. The number of carbonyl (C=O) groups is 1. The molecule has 3 N–H and O–H groups in total. The van der Waals surface area contributed by atoms with Gasteiger partial charge >= 0.3 is 0 Å². The van der Waals surface area contributed by atoms with Gasteiger partial charge in [-0.2, -0.15) is 0 Å². The smallest absolute Gasteiger partial charge is 0.251 e. The number of benzene rings is 1. The van der Waals surface area contributed by atoms with E-state index in [2.05, 4.69) is 5.32 Å². The highest BCUT2D eigenvalue weighted by atomic mass is 16.5. The van der Waals surface area contributed by atoms with Crippen LogP contribution in [0, 0.1) is 5.92 Å². The van der Waals surface area contributed by atoms with Crippen LogP contribution in [0.2, 0.25) is 0 Å². The summed E-state index contributed by atoms with van der Waals surface area (Å²) in [6.45, 7) is 1.03. The molecular formula is C14H20N2O2. The van der Waals surface area contributed by atoms with E-state index >= 15 is 0 Å². The molecule has 1 aliphatic rings. The average Bonchev–Trinajstić information content (AvgIpc) is 3.21. The fourth-order valence-electron chi connectivity index (χ4n) is 2.09. The summed E-state index contributed by atoms with van der Waals surface area (Å²) in [6, 6.07) is 7.61. The monoisotopic (exact) mass is 248 g/mol.